The molecule has 152 valence electrons. The van der Waals surface area contributed by atoms with Crippen molar-refractivity contribution in [3.05, 3.63) is 156 Å². The van der Waals surface area contributed by atoms with E-state index in [0.29, 0.717) is 0 Å². The Hall–Kier alpha value is -3.72. The van der Waals surface area contributed by atoms with Crippen LogP contribution in [-0.4, -0.2) is 0 Å². The second-order valence-corrected chi connectivity index (χ2v) is 7.34. The Kier molecular flexibility index (Phi) is 6.53. The van der Waals surface area contributed by atoms with Crippen LogP contribution in [0, 0.1) is 0 Å². The van der Waals surface area contributed by atoms with Gasteiger partial charge in [-0.05, 0) is 27.8 Å². The van der Waals surface area contributed by atoms with E-state index < -0.39 is 5.54 Å². The van der Waals surface area contributed by atoms with Crippen LogP contribution >= 0.6 is 0 Å². The molecule has 31 heavy (non-hydrogen) atoms. The number of hydrazine groups is 1. The van der Waals surface area contributed by atoms with E-state index in [1.165, 1.54) is 0 Å². The van der Waals surface area contributed by atoms with Gasteiger partial charge in [-0.1, -0.05) is 140 Å². The second-order valence-electron chi connectivity index (χ2n) is 7.34. The summed E-state index contributed by atoms with van der Waals surface area (Å²) in [5, 5.41) is 0. The molecule has 4 aromatic rings. The Morgan fingerprint density at radius 2 is 0.710 bits per heavy atom. The molecule has 0 radical (unpaired) electrons. The Labute approximate surface area is 184 Å². The highest BCUT2D eigenvalue weighted by Gasteiger charge is 2.35. The van der Waals surface area contributed by atoms with Gasteiger partial charge in [0.05, 0.1) is 0 Å². The molecule has 4 rings (SSSR count). The Morgan fingerprint density at radius 1 is 0.387 bits per heavy atom. The first-order valence-corrected chi connectivity index (χ1v) is 10.4. The van der Waals surface area contributed by atoms with E-state index in [9.17, 15) is 0 Å². The maximum atomic E-state index is 6.26. The lowest BCUT2D eigenvalue weighted by atomic mass is 9.77. The van der Waals surface area contributed by atoms with Crippen LogP contribution < -0.4 is 11.3 Å². The maximum Gasteiger partial charge on any atom is 0.107 e. The van der Waals surface area contributed by atoms with E-state index in [0.717, 1.165) is 27.8 Å². The number of rotatable bonds is 5. The van der Waals surface area contributed by atoms with Crippen molar-refractivity contribution < 1.29 is 0 Å². The van der Waals surface area contributed by atoms with Crippen LogP contribution in [0.25, 0.3) is 11.1 Å². The van der Waals surface area contributed by atoms with Gasteiger partial charge in [-0.25, -0.2) is 5.43 Å². The molecule has 2 nitrogen and oxygen atoms in total. The summed E-state index contributed by atoms with van der Waals surface area (Å²) in [7, 11) is 0. The maximum absolute atomic E-state index is 6.26. The molecule has 3 N–H and O–H groups in total. The van der Waals surface area contributed by atoms with E-state index >= 15 is 0 Å². The average Bonchev–Trinajstić information content (AvgIpc) is 2.85. The van der Waals surface area contributed by atoms with Gasteiger partial charge in [-0.3, -0.25) is 5.84 Å². The summed E-state index contributed by atoms with van der Waals surface area (Å²) < 4.78 is 0. The van der Waals surface area contributed by atoms with Crippen LogP contribution in [0.5, 0.6) is 0 Å². The van der Waals surface area contributed by atoms with Gasteiger partial charge in [0, 0.05) is 0 Å². The minimum Gasteiger partial charge on any atom is -0.270 e. The summed E-state index contributed by atoms with van der Waals surface area (Å²) in [4.78, 5) is 0. The minimum atomic E-state index is -0.644. The number of benzene rings is 3. The number of hydrogen-bond donors (Lipinski definition) is 2. The number of hydrogen-bond acceptors (Lipinski definition) is 2. The van der Waals surface area contributed by atoms with E-state index in [-0.39, 0.29) is 0 Å². The smallest absolute Gasteiger partial charge is 0.107 e. The molecule has 0 amide bonds. The number of nitrogens with two attached hydrogens (primary N) is 1. The highest BCUT2D eigenvalue weighted by molar-refractivity contribution is 5.64. The third-order valence-electron chi connectivity index (χ3n) is 5.50. The molecular formula is C29H26N2. The zero-order valence-electron chi connectivity index (χ0n) is 17.4. The lowest BCUT2D eigenvalue weighted by Gasteiger charge is -2.35. The molecule has 0 bridgehead atoms. The van der Waals surface area contributed by atoms with Gasteiger partial charge in [0.25, 0.3) is 0 Å². The quantitative estimate of drug-likeness (QED) is 0.236. The number of nitrogens with one attached hydrogen (secondary N) is 1. The van der Waals surface area contributed by atoms with Gasteiger partial charge in [-0.15, -0.1) is 0 Å². The van der Waals surface area contributed by atoms with Gasteiger partial charge < -0.3 is 0 Å². The summed E-state index contributed by atoms with van der Waals surface area (Å²) in [6.07, 6.45) is 0. The normalized spacial score (nSPS) is 10.9. The van der Waals surface area contributed by atoms with Gasteiger partial charge in [0.15, 0.2) is 0 Å². The molecule has 0 heterocycles. The molecule has 0 aromatic heterocycles. The van der Waals surface area contributed by atoms with E-state index in [2.05, 4.69) is 78.2 Å². The monoisotopic (exact) mass is 402 g/mol. The second kappa shape index (κ2) is 9.86. The van der Waals surface area contributed by atoms with Crippen LogP contribution in [0.1, 0.15) is 16.7 Å². The summed E-state index contributed by atoms with van der Waals surface area (Å²) >= 11 is 0. The molecule has 0 aliphatic rings. The standard InChI is InChI=1S/C29H26N2/c30-31-29(26-16-10-6-11-17-26,27-18-12-7-13-19-27)28-22-20-25(21-23-28)24-14-8-4-2-1-3-5-9-15-24/h1-23,31H,30H2. The van der Waals surface area contributed by atoms with Crippen molar-refractivity contribution >= 4 is 0 Å². The van der Waals surface area contributed by atoms with Crippen molar-refractivity contribution in [1.29, 1.82) is 0 Å². The molecular weight excluding hydrogens is 376 g/mol. The SMILES string of the molecule is NNC(c1ccccc1)(c1ccccc1)c1ccc(-c2ccccccccc2)cc1. The highest BCUT2D eigenvalue weighted by atomic mass is 15.3. The molecule has 0 unspecified atom stereocenters. The third-order valence-corrected chi connectivity index (χ3v) is 5.50. The molecule has 0 spiro atoms. The highest BCUT2D eigenvalue weighted by Crippen LogP contribution is 2.36. The van der Waals surface area contributed by atoms with Gasteiger partial charge in [0.1, 0.15) is 5.54 Å². The summed E-state index contributed by atoms with van der Waals surface area (Å²) in [5.41, 5.74) is 8.06. The lowest BCUT2D eigenvalue weighted by molar-refractivity contribution is 0.489. The molecule has 0 fully saturated rings. The Bertz CT molecular complexity index is 1090. The van der Waals surface area contributed by atoms with Crippen molar-refractivity contribution in [2.75, 3.05) is 0 Å². The van der Waals surface area contributed by atoms with Crippen molar-refractivity contribution in [3.63, 3.8) is 0 Å². The van der Waals surface area contributed by atoms with E-state index in [1.54, 1.807) is 0 Å². The van der Waals surface area contributed by atoms with Crippen molar-refractivity contribution in [1.82, 2.24) is 5.43 Å². The van der Waals surface area contributed by atoms with E-state index in [4.69, 9.17) is 5.84 Å². The lowest BCUT2D eigenvalue weighted by Crippen LogP contribution is -2.48. The van der Waals surface area contributed by atoms with E-state index in [1.807, 2.05) is 66.7 Å². The fraction of sp³-hybridized carbons (Fsp3) is 0.0345. The molecule has 0 saturated carbocycles. The van der Waals surface area contributed by atoms with Crippen molar-refractivity contribution in [2.45, 2.75) is 5.54 Å². The molecule has 0 aliphatic heterocycles. The van der Waals surface area contributed by atoms with Crippen LogP contribution in [0.3, 0.4) is 0 Å². The fourth-order valence-corrected chi connectivity index (χ4v) is 3.93. The van der Waals surface area contributed by atoms with Crippen LogP contribution in [0.15, 0.2) is 140 Å². The first-order chi connectivity index (χ1) is 15.3. The summed E-state index contributed by atoms with van der Waals surface area (Å²) in [6.45, 7) is 0. The predicted octanol–water partition coefficient (Wildman–Crippen LogP) is 6.23. The molecule has 4 aromatic carbocycles. The first kappa shape index (κ1) is 20.5. The minimum absolute atomic E-state index is 0.644. The van der Waals surface area contributed by atoms with Gasteiger partial charge >= 0.3 is 0 Å². The van der Waals surface area contributed by atoms with Crippen molar-refractivity contribution in [2.24, 2.45) is 5.84 Å². The van der Waals surface area contributed by atoms with Crippen LogP contribution in [0.4, 0.5) is 0 Å². The molecule has 2 heteroatoms. The Morgan fingerprint density at radius 3 is 1.16 bits per heavy atom. The predicted molar refractivity (Wildman–Crippen MR) is 130 cm³/mol. The largest absolute Gasteiger partial charge is 0.270 e. The third kappa shape index (κ3) is 4.41. The summed E-state index contributed by atoms with van der Waals surface area (Å²) in [6, 6.07) is 47.8. The molecule has 0 saturated heterocycles. The van der Waals surface area contributed by atoms with Crippen molar-refractivity contribution in [3.8, 4) is 11.1 Å². The average molecular weight is 403 g/mol. The van der Waals surface area contributed by atoms with Crippen LogP contribution in [-0.2, 0) is 5.54 Å². The molecule has 0 aliphatic carbocycles. The zero-order chi connectivity index (χ0) is 21.4. The van der Waals surface area contributed by atoms with Crippen LogP contribution in [0.2, 0.25) is 0 Å². The first-order valence-electron chi connectivity index (χ1n) is 10.4. The van der Waals surface area contributed by atoms with Gasteiger partial charge in [-0.2, -0.15) is 0 Å². The molecule has 0 atom stereocenters. The fourth-order valence-electron chi connectivity index (χ4n) is 3.93. The summed E-state index contributed by atoms with van der Waals surface area (Å²) in [5.74, 6) is 6.26. The Balaban J connectivity index is 1.84. The topological polar surface area (TPSA) is 38.0 Å². The zero-order valence-corrected chi connectivity index (χ0v) is 17.4. The van der Waals surface area contributed by atoms with Gasteiger partial charge in [0.2, 0.25) is 0 Å².